The fraction of sp³-hybridized carbons (Fsp3) is 0.250. The Bertz CT molecular complexity index is 1120. The van der Waals surface area contributed by atoms with Crippen LogP contribution in [0.3, 0.4) is 0 Å². The molecule has 7 heteroatoms. The van der Waals surface area contributed by atoms with Crippen LogP contribution in [0.2, 0.25) is 0 Å². The van der Waals surface area contributed by atoms with Crippen LogP contribution in [0.1, 0.15) is 35.5 Å². The summed E-state index contributed by atoms with van der Waals surface area (Å²) in [6.07, 6.45) is 0.537. The Morgan fingerprint density at radius 3 is 2.63 bits per heavy atom. The predicted octanol–water partition coefficient (Wildman–Crippen LogP) is 4.23. The molecule has 0 saturated heterocycles. The molecule has 6 nitrogen and oxygen atoms in total. The van der Waals surface area contributed by atoms with Gasteiger partial charge in [-0.05, 0) is 36.9 Å². The summed E-state index contributed by atoms with van der Waals surface area (Å²) in [6.45, 7) is 4.36. The summed E-state index contributed by atoms with van der Waals surface area (Å²) in [5, 5.41) is 2.01. The summed E-state index contributed by atoms with van der Waals surface area (Å²) >= 11 is 1.63. The maximum absolute atomic E-state index is 12.8. The lowest BCUT2D eigenvalue weighted by atomic mass is 10.2. The molecule has 4 rings (SSSR count). The van der Waals surface area contributed by atoms with Crippen molar-refractivity contribution in [1.82, 2.24) is 14.5 Å². The summed E-state index contributed by atoms with van der Waals surface area (Å²) in [7, 11) is 0. The summed E-state index contributed by atoms with van der Waals surface area (Å²) in [6, 6.07) is 11.6. The van der Waals surface area contributed by atoms with E-state index in [1.54, 1.807) is 11.3 Å². The molecule has 3 heterocycles. The van der Waals surface area contributed by atoms with Crippen LogP contribution in [0, 0.1) is 0 Å². The van der Waals surface area contributed by atoms with Crippen LogP contribution in [0.5, 0.6) is 0 Å². The van der Waals surface area contributed by atoms with Crippen LogP contribution in [0.15, 0.2) is 41.8 Å². The van der Waals surface area contributed by atoms with Gasteiger partial charge in [0.1, 0.15) is 16.9 Å². The molecule has 0 fully saturated rings. The number of hydrogen-bond acceptors (Lipinski definition) is 6. The molecule has 0 saturated carbocycles. The summed E-state index contributed by atoms with van der Waals surface area (Å²) < 4.78 is 7.38. The van der Waals surface area contributed by atoms with E-state index in [2.05, 4.69) is 4.98 Å². The number of carbonyl (C=O) groups excluding carboxylic acids is 1. The number of nitrogen functional groups attached to an aromatic ring is 1. The molecule has 0 aliphatic carbocycles. The lowest BCUT2D eigenvalue weighted by Crippen LogP contribution is -2.16. The van der Waals surface area contributed by atoms with E-state index in [0.717, 1.165) is 22.3 Å². The minimum Gasteiger partial charge on any atom is -0.459 e. The predicted molar refractivity (Wildman–Crippen MR) is 108 cm³/mol. The Labute approximate surface area is 160 Å². The minimum atomic E-state index is -0.457. The zero-order valence-corrected chi connectivity index (χ0v) is 16.0. The first-order valence-corrected chi connectivity index (χ1v) is 9.74. The molecule has 0 aliphatic rings. The molecule has 3 aromatic heterocycles. The van der Waals surface area contributed by atoms with Crippen molar-refractivity contribution in [3.05, 3.63) is 52.2 Å². The smallest absolute Gasteiger partial charge is 0.344 e. The zero-order chi connectivity index (χ0) is 19.0. The van der Waals surface area contributed by atoms with Gasteiger partial charge in [-0.15, -0.1) is 11.3 Å². The largest absolute Gasteiger partial charge is 0.459 e. The van der Waals surface area contributed by atoms with Gasteiger partial charge in [0, 0.05) is 4.88 Å². The third kappa shape index (κ3) is 3.14. The number of ether oxygens (including phenoxy) is 1. The average Bonchev–Trinajstić information content (AvgIpc) is 3.27. The lowest BCUT2D eigenvalue weighted by Gasteiger charge is -2.11. The molecule has 0 amide bonds. The molecule has 0 spiro atoms. The van der Waals surface area contributed by atoms with Crippen molar-refractivity contribution in [2.45, 2.75) is 32.9 Å². The fourth-order valence-electron chi connectivity index (χ4n) is 2.96. The molecule has 4 aromatic rings. The molecular formula is C20H20N4O2S. The molecule has 27 heavy (non-hydrogen) atoms. The van der Waals surface area contributed by atoms with Gasteiger partial charge in [0.15, 0.2) is 5.65 Å². The molecule has 1 aromatic carbocycles. The summed E-state index contributed by atoms with van der Waals surface area (Å²) in [4.78, 5) is 23.4. The van der Waals surface area contributed by atoms with Gasteiger partial charge in [0.25, 0.3) is 0 Å². The van der Waals surface area contributed by atoms with Crippen molar-refractivity contribution in [2.24, 2.45) is 0 Å². The van der Waals surface area contributed by atoms with Gasteiger partial charge >= 0.3 is 5.97 Å². The van der Waals surface area contributed by atoms with Crippen molar-refractivity contribution in [3.8, 4) is 0 Å². The number of anilines is 1. The lowest BCUT2D eigenvalue weighted by molar-refractivity contribution is 0.0338. The van der Waals surface area contributed by atoms with E-state index in [0.29, 0.717) is 29.1 Å². The van der Waals surface area contributed by atoms with Gasteiger partial charge in [-0.1, -0.05) is 25.1 Å². The Hall–Kier alpha value is -2.93. The van der Waals surface area contributed by atoms with E-state index in [1.165, 1.54) is 0 Å². The quantitative estimate of drug-likeness (QED) is 0.524. The van der Waals surface area contributed by atoms with Crippen LogP contribution < -0.4 is 5.73 Å². The molecule has 0 bridgehead atoms. The van der Waals surface area contributed by atoms with Crippen molar-refractivity contribution in [1.29, 1.82) is 0 Å². The Morgan fingerprint density at radius 1 is 1.22 bits per heavy atom. The van der Waals surface area contributed by atoms with E-state index >= 15 is 0 Å². The van der Waals surface area contributed by atoms with Gasteiger partial charge in [0.2, 0.25) is 0 Å². The summed E-state index contributed by atoms with van der Waals surface area (Å²) in [5.74, 6) is -0.122. The van der Waals surface area contributed by atoms with Gasteiger partial charge in [-0.2, -0.15) is 0 Å². The number of rotatable bonds is 5. The van der Waals surface area contributed by atoms with E-state index in [1.807, 2.05) is 60.2 Å². The topological polar surface area (TPSA) is 83.0 Å². The first-order chi connectivity index (χ1) is 13.1. The number of carbonyl (C=O) groups is 1. The summed E-state index contributed by atoms with van der Waals surface area (Å²) in [5.41, 5.74) is 9.25. The molecular weight excluding hydrogens is 360 g/mol. The number of thiophene rings is 1. The molecule has 0 radical (unpaired) electrons. The molecule has 0 aliphatic heterocycles. The highest BCUT2D eigenvalue weighted by Crippen LogP contribution is 2.30. The first-order valence-electron chi connectivity index (χ1n) is 8.86. The van der Waals surface area contributed by atoms with Crippen molar-refractivity contribution < 1.29 is 9.53 Å². The second-order valence-electron chi connectivity index (χ2n) is 6.43. The molecule has 0 unspecified atom stereocenters. The van der Waals surface area contributed by atoms with Crippen LogP contribution >= 0.6 is 11.3 Å². The van der Waals surface area contributed by atoms with E-state index < -0.39 is 5.97 Å². The average molecular weight is 380 g/mol. The highest BCUT2D eigenvalue weighted by atomic mass is 32.1. The number of para-hydroxylation sites is 2. The normalized spacial score (nSPS) is 12.5. The van der Waals surface area contributed by atoms with Crippen molar-refractivity contribution in [2.75, 3.05) is 5.73 Å². The van der Waals surface area contributed by atoms with E-state index in [9.17, 15) is 4.79 Å². The Balaban J connectivity index is 1.93. The number of nitrogens with zero attached hydrogens (tertiary/aromatic N) is 3. The molecule has 2 N–H and O–H groups in total. The highest BCUT2D eigenvalue weighted by molar-refractivity contribution is 7.09. The van der Waals surface area contributed by atoms with Crippen LogP contribution in [0.25, 0.3) is 22.2 Å². The van der Waals surface area contributed by atoms with Gasteiger partial charge < -0.3 is 15.0 Å². The number of aromatic nitrogens is 3. The Morgan fingerprint density at radius 2 is 1.96 bits per heavy atom. The monoisotopic (exact) mass is 380 g/mol. The second kappa shape index (κ2) is 7.00. The maximum atomic E-state index is 12.8. The van der Waals surface area contributed by atoms with E-state index in [-0.39, 0.29) is 6.10 Å². The standard InChI is InChI=1S/C20H20N4O2S/c1-3-12(2)26-20(25)16-17-19(23-15-9-5-4-8-14(15)22-17)24(18(16)21)11-13-7-6-10-27-13/h4-10,12H,3,11,21H2,1-2H3/t12-/m1/s1. The van der Waals surface area contributed by atoms with Crippen molar-refractivity contribution in [3.63, 3.8) is 0 Å². The third-order valence-corrected chi connectivity index (χ3v) is 5.43. The first kappa shape index (κ1) is 17.5. The number of esters is 1. The number of benzene rings is 1. The van der Waals surface area contributed by atoms with Crippen LogP contribution in [0.4, 0.5) is 5.82 Å². The maximum Gasteiger partial charge on any atom is 0.344 e. The number of hydrogen-bond donors (Lipinski definition) is 1. The van der Waals surface area contributed by atoms with Crippen LogP contribution in [-0.4, -0.2) is 26.6 Å². The number of nitrogens with two attached hydrogens (primary N) is 1. The highest BCUT2D eigenvalue weighted by Gasteiger charge is 2.26. The van der Waals surface area contributed by atoms with Crippen LogP contribution in [-0.2, 0) is 11.3 Å². The SMILES string of the molecule is CC[C@@H](C)OC(=O)c1c(N)n(Cc2cccs2)c2nc3ccccc3nc12. The van der Waals surface area contributed by atoms with Gasteiger partial charge in [-0.3, -0.25) is 0 Å². The minimum absolute atomic E-state index is 0.194. The second-order valence-corrected chi connectivity index (χ2v) is 7.47. The Kier molecular flexibility index (Phi) is 4.53. The zero-order valence-electron chi connectivity index (χ0n) is 15.2. The molecule has 1 atom stereocenters. The number of fused-ring (bicyclic) bond motifs is 2. The van der Waals surface area contributed by atoms with Crippen molar-refractivity contribution >= 4 is 45.3 Å². The van der Waals surface area contributed by atoms with E-state index in [4.69, 9.17) is 15.5 Å². The third-order valence-electron chi connectivity index (χ3n) is 4.57. The van der Waals surface area contributed by atoms with Gasteiger partial charge in [-0.25, -0.2) is 14.8 Å². The van der Waals surface area contributed by atoms with Gasteiger partial charge in [0.05, 0.1) is 23.7 Å². The fourth-order valence-corrected chi connectivity index (χ4v) is 3.65. The molecule has 138 valence electrons.